The average molecular weight is 304 g/mol. The van der Waals surface area contributed by atoms with E-state index < -0.39 is 0 Å². The number of carbonyl (C=O) groups is 2. The van der Waals surface area contributed by atoms with Gasteiger partial charge in [0.1, 0.15) is 5.78 Å². The summed E-state index contributed by atoms with van der Waals surface area (Å²) in [6.45, 7) is 16.1. The van der Waals surface area contributed by atoms with Crippen LogP contribution in [0.1, 0.15) is 84.2 Å². The van der Waals surface area contributed by atoms with E-state index in [2.05, 4.69) is 41.5 Å². The van der Waals surface area contributed by atoms with E-state index in [-0.39, 0.29) is 11.2 Å². The predicted molar refractivity (Wildman–Crippen MR) is 94.5 cm³/mol. The average Bonchev–Trinajstić information content (AvgIpc) is 2.35. The first-order valence-electron chi connectivity index (χ1n) is 7.94. The fourth-order valence-corrected chi connectivity index (χ4v) is 2.00. The van der Waals surface area contributed by atoms with Crippen LogP contribution in [0.5, 0.6) is 0 Å². The number of carbonyl (C=O) groups excluding carboxylic acids is 2. The molecular formula is C20H32O2. The van der Waals surface area contributed by atoms with Crippen LogP contribution in [0.15, 0.2) is 24.3 Å². The second-order valence-corrected chi connectivity index (χ2v) is 8.11. The van der Waals surface area contributed by atoms with Gasteiger partial charge in [-0.05, 0) is 36.7 Å². The highest BCUT2D eigenvalue weighted by Gasteiger charge is 2.18. The molecular weight excluding hydrogens is 272 g/mol. The maximum atomic E-state index is 11.3. The van der Waals surface area contributed by atoms with Crippen LogP contribution in [0.2, 0.25) is 0 Å². The summed E-state index contributed by atoms with van der Waals surface area (Å²) in [4.78, 5) is 21.8. The minimum absolute atomic E-state index is 0.0439. The van der Waals surface area contributed by atoms with E-state index in [0.717, 1.165) is 24.0 Å². The van der Waals surface area contributed by atoms with Gasteiger partial charge in [0.05, 0.1) is 0 Å². The molecule has 0 saturated heterocycles. The van der Waals surface area contributed by atoms with Crippen molar-refractivity contribution in [1.29, 1.82) is 0 Å². The molecule has 0 amide bonds. The molecule has 1 aromatic carbocycles. The Labute approximate surface area is 136 Å². The summed E-state index contributed by atoms with van der Waals surface area (Å²) >= 11 is 0. The van der Waals surface area contributed by atoms with Gasteiger partial charge in [-0.3, -0.25) is 4.79 Å². The lowest BCUT2D eigenvalue weighted by molar-refractivity contribution is -0.117. The smallest absolute Gasteiger partial charge is 0.160 e. The molecule has 0 N–H and O–H groups in total. The van der Waals surface area contributed by atoms with Crippen molar-refractivity contribution < 1.29 is 9.59 Å². The zero-order valence-corrected chi connectivity index (χ0v) is 15.5. The lowest BCUT2D eigenvalue weighted by atomic mass is 9.83. The van der Waals surface area contributed by atoms with E-state index in [0.29, 0.717) is 11.2 Å². The van der Waals surface area contributed by atoms with Crippen LogP contribution >= 0.6 is 0 Å². The summed E-state index contributed by atoms with van der Waals surface area (Å²) in [6.07, 6.45) is 1.73. The standard InChI is InChI=1S/C12H16O.C8H16O/c1-9(13)10-7-5-6-8-11(10)12(2,3)4;1-7(9)5-6-8(2,3)4/h5-8H,1-4H3;5-6H2,1-4H3. The normalized spacial score (nSPS) is 11.5. The maximum Gasteiger partial charge on any atom is 0.160 e. The van der Waals surface area contributed by atoms with E-state index in [1.54, 1.807) is 13.8 Å². The summed E-state index contributed by atoms with van der Waals surface area (Å²) < 4.78 is 0. The van der Waals surface area contributed by atoms with Gasteiger partial charge in [0.25, 0.3) is 0 Å². The molecule has 0 aromatic heterocycles. The Balaban J connectivity index is 0.000000433. The van der Waals surface area contributed by atoms with Crippen molar-refractivity contribution in [3.8, 4) is 0 Å². The summed E-state index contributed by atoms with van der Waals surface area (Å²) in [7, 11) is 0. The fraction of sp³-hybridized carbons (Fsp3) is 0.600. The molecule has 2 nitrogen and oxygen atoms in total. The van der Waals surface area contributed by atoms with Crippen LogP contribution in [0.4, 0.5) is 0 Å². The van der Waals surface area contributed by atoms with Crippen molar-refractivity contribution in [2.75, 3.05) is 0 Å². The Morgan fingerprint density at radius 2 is 1.41 bits per heavy atom. The van der Waals surface area contributed by atoms with Crippen molar-refractivity contribution >= 4 is 11.6 Å². The monoisotopic (exact) mass is 304 g/mol. The zero-order chi connectivity index (χ0) is 17.6. The van der Waals surface area contributed by atoms with Crippen molar-refractivity contribution in [2.45, 2.75) is 73.6 Å². The fourth-order valence-electron chi connectivity index (χ4n) is 2.00. The third kappa shape index (κ3) is 8.76. The highest BCUT2D eigenvalue weighted by atomic mass is 16.1. The molecule has 0 bridgehead atoms. The van der Waals surface area contributed by atoms with Crippen molar-refractivity contribution in [3.63, 3.8) is 0 Å². The summed E-state index contributed by atoms with van der Waals surface area (Å²) in [5.74, 6) is 0.440. The van der Waals surface area contributed by atoms with E-state index >= 15 is 0 Å². The molecule has 0 aliphatic rings. The van der Waals surface area contributed by atoms with Gasteiger partial charge in [0.15, 0.2) is 5.78 Å². The van der Waals surface area contributed by atoms with Crippen molar-refractivity contribution in [1.82, 2.24) is 0 Å². The van der Waals surface area contributed by atoms with Crippen LogP contribution in [0, 0.1) is 5.41 Å². The molecule has 1 aromatic rings. The highest BCUT2D eigenvalue weighted by Crippen LogP contribution is 2.25. The number of benzene rings is 1. The maximum absolute atomic E-state index is 11.3. The van der Waals surface area contributed by atoms with E-state index in [1.165, 1.54) is 0 Å². The summed E-state index contributed by atoms with van der Waals surface area (Å²) in [6, 6.07) is 7.80. The van der Waals surface area contributed by atoms with Gasteiger partial charge in [0.2, 0.25) is 0 Å². The second-order valence-electron chi connectivity index (χ2n) is 8.11. The van der Waals surface area contributed by atoms with Crippen LogP contribution < -0.4 is 0 Å². The lowest BCUT2D eigenvalue weighted by Crippen LogP contribution is -2.15. The van der Waals surface area contributed by atoms with Crippen LogP contribution in [0.25, 0.3) is 0 Å². The zero-order valence-electron chi connectivity index (χ0n) is 15.5. The number of rotatable bonds is 3. The third-order valence-corrected chi connectivity index (χ3v) is 3.34. The highest BCUT2D eigenvalue weighted by molar-refractivity contribution is 5.95. The quantitative estimate of drug-likeness (QED) is 0.682. The predicted octanol–water partition coefficient (Wildman–Crippen LogP) is 5.59. The van der Waals surface area contributed by atoms with Crippen LogP contribution in [0.3, 0.4) is 0 Å². The number of hydrogen-bond acceptors (Lipinski definition) is 2. The van der Waals surface area contributed by atoms with Gasteiger partial charge >= 0.3 is 0 Å². The molecule has 1 rings (SSSR count). The Bertz CT molecular complexity index is 499. The summed E-state index contributed by atoms with van der Waals surface area (Å²) in [5, 5.41) is 0. The molecule has 0 aliphatic heterocycles. The van der Waals surface area contributed by atoms with Gasteiger partial charge < -0.3 is 4.79 Å². The third-order valence-electron chi connectivity index (χ3n) is 3.34. The van der Waals surface area contributed by atoms with Gasteiger partial charge in [-0.25, -0.2) is 0 Å². The number of hydrogen-bond donors (Lipinski definition) is 0. The molecule has 0 saturated carbocycles. The molecule has 22 heavy (non-hydrogen) atoms. The topological polar surface area (TPSA) is 34.1 Å². The summed E-state index contributed by atoms with van der Waals surface area (Å²) in [5.41, 5.74) is 2.33. The molecule has 0 unspecified atom stereocenters. The van der Waals surface area contributed by atoms with Gasteiger partial charge in [-0.2, -0.15) is 0 Å². The molecule has 0 heterocycles. The minimum atomic E-state index is 0.0439. The Morgan fingerprint density at radius 1 is 0.909 bits per heavy atom. The van der Waals surface area contributed by atoms with Gasteiger partial charge in [0, 0.05) is 12.0 Å². The molecule has 2 heteroatoms. The second kappa shape index (κ2) is 8.26. The van der Waals surface area contributed by atoms with E-state index in [1.807, 2.05) is 24.3 Å². The lowest BCUT2D eigenvalue weighted by Gasteiger charge is -2.21. The SMILES string of the molecule is CC(=O)CCC(C)(C)C.CC(=O)c1ccccc1C(C)(C)C. The molecule has 0 aliphatic carbocycles. The van der Waals surface area contributed by atoms with Crippen molar-refractivity contribution in [2.24, 2.45) is 5.41 Å². The van der Waals surface area contributed by atoms with Gasteiger partial charge in [-0.15, -0.1) is 0 Å². The van der Waals surface area contributed by atoms with Crippen LogP contribution in [-0.4, -0.2) is 11.6 Å². The molecule has 124 valence electrons. The van der Waals surface area contributed by atoms with E-state index in [9.17, 15) is 9.59 Å². The van der Waals surface area contributed by atoms with Crippen molar-refractivity contribution in [3.05, 3.63) is 35.4 Å². The molecule has 0 fully saturated rings. The Hall–Kier alpha value is -1.44. The first kappa shape index (κ1) is 20.6. The first-order valence-corrected chi connectivity index (χ1v) is 7.94. The Morgan fingerprint density at radius 3 is 1.68 bits per heavy atom. The molecule has 0 atom stereocenters. The number of Topliss-reactive ketones (excluding diaryl/α,β-unsaturated/α-hetero) is 2. The largest absolute Gasteiger partial charge is 0.300 e. The van der Waals surface area contributed by atoms with Gasteiger partial charge in [-0.1, -0.05) is 65.8 Å². The van der Waals surface area contributed by atoms with E-state index in [4.69, 9.17) is 0 Å². The Kier molecular flexibility index (Phi) is 7.72. The molecule has 0 spiro atoms. The number of ketones is 2. The first-order chi connectivity index (χ1) is 9.84. The minimum Gasteiger partial charge on any atom is -0.300 e. The molecule has 0 radical (unpaired) electrons. The van der Waals surface area contributed by atoms with Crippen LogP contribution in [-0.2, 0) is 10.2 Å².